The highest BCUT2D eigenvalue weighted by atomic mass is 16.2. The number of hydrogen-bond acceptors (Lipinski definition) is 3. The van der Waals surface area contributed by atoms with Crippen LogP contribution in [0.4, 0.5) is 16.2 Å². The van der Waals surface area contributed by atoms with Gasteiger partial charge in [0.15, 0.2) is 0 Å². The summed E-state index contributed by atoms with van der Waals surface area (Å²) in [6.07, 6.45) is 0.960. The zero-order chi connectivity index (χ0) is 17.6. The third kappa shape index (κ3) is 4.36. The molecule has 1 atom stereocenters. The van der Waals surface area contributed by atoms with Crippen LogP contribution < -0.4 is 16.4 Å². The van der Waals surface area contributed by atoms with Crippen LogP contribution in [0.1, 0.15) is 16.8 Å². The fourth-order valence-electron chi connectivity index (χ4n) is 2.90. The molecule has 1 saturated heterocycles. The zero-order valence-corrected chi connectivity index (χ0v) is 13.9. The molecule has 130 valence electrons. The molecular weight excluding hydrogens is 316 g/mol. The van der Waals surface area contributed by atoms with E-state index in [0.29, 0.717) is 23.7 Å². The highest BCUT2D eigenvalue weighted by molar-refractivity contribution is 6.00. The average molecular weight is 338 g/mol. The van der Waals surface area contributed by atoms with Gasteiger partial charge in [-0.25, -0.2) is 4.79 Å². The molecule has 0 aromatic heterocycles. The summed E-state index contributed by atoms with van der Waals surface area (Å²) in [6.45, 7) is 2.08. The van der Waals surface area contributed by atoms with Gasteiger partial charge in [-0.2, -0.15) is 0 Å². The molecule has 1 aliphatic heterocycles. The lowest BCUT2D eigenvalue weighted by molar-refractivity contribution is 0.0787. The Balaban J connectivity index is 1.57. The Kier molecular flexibility index (Phi) is 5.30. The first kappa shape index (κ1) is 17.0. The molecule has 3 rings (SSSR count). The SMILES string of the molecule is NCC1CCN(C(=O)c2ccc(NC(=O)Nc3ccccc3)cc2)C1. The smallest absolute Gasteiger partial charge is 0.323 e. The molecule has 6 nitrogen and oxygen atoms in total. The highest BCUT2D eigenvalue weighted by Gasteiger charge is 2.25. The lowest BCUT2D eigenvalue weighted by Gasteiger charge is -2.16. The van der Waals surface area contributed by atoms with Crippen molar-refractivity contribution in [2.45, 2.75) is 6.42 Å². The van der Waals surface area contributed by atoms with Crippen LogP contribution in [0.5, 0.6) is 0 Å². The predicted octanol–water partition coefficient (Wildman–Crippen LogP) is 2.75. The molecule has 0 bridgehead atoms. The lowest BCUT2D eigenvalue weighted by atomic mass is 10.1. The van der Waals surface area contributed by atoms with E-state index in [9.17, 15) is 9.59 Å². The van der Waals surface area contributed by atoms with Gasteiger partial charge in [-0.15, -0.1) is 0 Å². The summed E-state index contributed by atoms with van der Waals surface area (Å²) < 4.78 is 0. The largest absolute Gasteiger partial charge is 0.338 e. The van der Waals surface area contributed by atoms with Crippen LogP contribution in [0.2, 0.25) is 0 Å². The molecule has 3 amide bonds. The molecule has 2 aromatic rings. The van der Waals surface area contributed by atoms with Gasteiger partial charge in [-0.3, -0.25) is 4.79 Å². The predicted molar refractivity (Wildman–Crippen MR) is 98.6 cm³/mol. The second kappa shape index (κ2) is 7.81. The summed E-state index contributed by atoms with van der Waals surface area (Å²) >= 11 is 0. The monoisotopic (exact) mass is 338 g/mol. The Bertz CT molecular complexity index is 731. The van der Waals surface area contributed by atoms with Crippen LogP contribution in [0.3, 0.4) is 0 Å². The second-order valence-corrected chi connectivity index (χ2v) is 6.16. The van der Waals surface area contributed by atoms with Gasteiger partial charge in [-0.05, 0) is 55.3 Å². The number of nitrogens with zero attached hydrogens (tertiary/aromatic N) is 1. The van der Waals surface area contributed by atoms with Gasteiger partial charge in [0.05, 0.1) is 0 Å². The number of nitrogens with two attached hydrogens (primary N) is 1. The van der Waals surface area contributed by atoms with Gasteiger partial charge < -0.3 is 21.3 Å². The van der Waals surface area contributed by atoms with Crippen molar-refractivity contribution < 1.29 is 9.59 Å². The summed E-state index contributed by atoms with van der Waals surface area (Å²) in [5.74, 6) is 0.405. The number of hydrogen-bond donors (Lipinski definition) is 3. The molecule has 4 N–H and O–H groups in total. The maximum absolute atomic E-state index is 12.5. The lowest BCUT2D eigenvalue weighted by Crippen LogP contribution is -2.29. The van der Waals surface area contributed by atoms with Gasteiger partial charge in [0.25, 0.3) is 5.91 Å². The van der Waals surface area contributed by atoms with Crippen molar-refractivity contribution in [2.24, 2.45) is 11.7 Å². The maximum Gasteiger partial charge on any atom is 0.323 e. The molecule has 0 aliphatic carbocycles. The minimum absolute atomic E-state index is 0.0104. The zero-order valence-electron chi connectivity index (χ0n) is 13.9. The first-order valence-corrected chi connectivity index (χ1v) is 8.38. The van der Waals surface area contributed by atoms with E-state index in [2.05, 4.69) is 10.6 Å². The second-order valence-electron chi connectivity index (χ2n) is 6.16. The molecule has 2 aromatic carbocycles. The first-order valence-electron chi connectivity index (χ1n) is 8.38. The first-order chi connectivity index (χ1) is 12.2. The minimum atomic E-state index is -0.324. The number of rotatable bonds is 4. The van der Waals surface area contributed by atoms with Crippen LogP contribution >= 0.6 is 0 Å². The Morgan fingerprint density at radius 1 is 1.00 bits per heavy atom. The van der Waals surface area contributed by atoms with Crippen LogP contribution in [0.15, 0.2) is 54.6 Å². The highest BCUT2D eigenvalue weighted by Crippen LogP contribution is 2.19. The van der Waals surface area contributed by atoms with E-state index in [4.69, 9.17) is 5.73 Å². The molecule has 0 spiro atoms. The van der Waals surface area contributed by atoms with Crippen molar-refractivity contribution in [1.29, 1.82) is 0 Å². The third-order valence-corrected chi connectivity index (χ3v) is 4.33. The molecule has 0 saturated carbocycles. The minimum Gasteiger partial charge on any atom is -0.338 e. The molecule has 6 heteroatoms. The molecule has 1 aliphatic rings. The maximum atomic E-state index is 12.5. The number of likely N-dealkylation sites (tertiary alicyclic amines) is 1. The number of para-hydroxylation sites is 1. The van der Waals surface area contributed by atoms with Gasteiger partial charge in [-0.1, -0.05) is 18.2 Å². The molecule has 25 heavy (non-hydrogen) atoms. The van der Waals surface area contributed by atoms with E-state index in [-0.39, 0.29) is 11.9 Å². The van der Waals surface area contributed by atoms with Crippen LogP contribution in [-0.2, 0) is 0 Å². The fourth-order valence-corrected chi connectivity index (χ4v) is 2.90. The molecule has 1 unspecified atom stereocenters. The van der Waals surface area contributed by atoms with E-state index < -0.39 is 0 Å². The molecular formula is C19H22N4O2. The van der Waals surface area contributed by atoms with Gasteiger partial charge in [0.1, 0.15) is 0 Å². The normalized spacial score (nSPS) is 16.5. The Labute approximate surface area is 147 Å². The average Bonchev–Trinajstić information content (AvgIpc) is 3.12. The topological polar surface area (TPSA) is 87.5 Å². The van der Waals surface area contributed by atoms with E-state index in [0.717, 1.165) is 25.2 Å². The van der Waals surface area contributed by atoms with Crippen molar-refractivity contribution in [1.82, 2.24) is 4.90 Å². The van der Waals surface area contributed by atoms with E-state index in [1.807, 2.05) is 35.2 Å². The summed E-state index contributed by atoms with van der Waals surface area (Å²) in [7, 11) is 0. The van der Waals surface area contributed by atoms with E-state index in [1.54, 1.807) is 24.3 Å². The van der Waals surface area contributed by atoms with E-state index in [1.165, 1.54) is 0 Å². The van der Waals surface area contributed by atoms with Crippen LogP contribution in [0, 0.1) is 5.92 Å². The number of benzene rings is 2. The summed E-state index contributed by atoms with van der Waals surface area (Å²) in [5.41, 5.74) is 7.64. The standard InChI is InChI=1S/C19H22N4O2/c20-12-14-10-11-23(13-14)18(24)15-6-8-17(9-7-15)22-19(25)21-16-4-2-1-3-5-16/h1-9,14H,10-13,20H2,(H2,21,22,25). The Hall–Kier alpha value is -2.86. The quantitative estimate of drug-likeness (QED) is 0.801. The number of urea groups is 1. The van der Waals surface area contributed by atoms with Crippen LogP contribution in [0.25, 0.3) is 0 Å². The van der Waals surface area contributed by atoms with Gasteiger partial charge >= 0.3 is 6.03 Å². The van der Waals surface area contributed by atoms with Crippen molar-refractivity contribution in [3.8, 4) is 0 Å². The molecule has 1 fully saturated rings. The number of carbonyl (C=O) groups is 2. The summed E-state index contributed by atoms with van der Waals surface area (Å²) in [6, 6.07) is 15.8. The van der Waals surface area contributed by atoms with Crippen molar-refractivity contribution in [2.75, 3.05) is 30.3 Å². The molecule has 0 radical (unpaired) electrons. The Morgan fingerprint density at radius 2 is 1.64 bits per heavy atom. The fraction of sp³-hybridized carbons (Fsp3) is 0.263. The number of amides is 3. The number of anilines is 2. The Morgan fingerprint density at radius 3 is 2.24 bits per heavy atom. The summed E-state index contributed by atoms with van der Waals surface area (Å²) in [4.78, 5) is 26.3. The number of carbonyl (C=O) groups excluding carboxylic acids is 2. The van der Waals surface area contributed by atoms with E-state index >= 15 is 0 Å². The van der Waals surface area contributed by atoms with Crippen LogP contribution in [-0.4, -0.2) is 36.5 Å². The van der Waals surface area contributed by atoms with Gasteiger partial charge in [0.2, 0.25) is 0 Å². The number of nitrogens with one attached hydrogen (secondary N) is 2. The molecule has 1 heterocycles. The third-order valence-electron chi connectivity index (χ3n) is 4.33. The van der Waals surface area contributed by atoms with Crippen molar-refractivity contribution in [3.63, 3.8) is 0 Å². The summed E-state index contributed by atoms with van der Waals surface area (Å²) in [5, 5.41) is 5.50. The van der Waals surface area contributed by atoms with Gasteiger partial charge in [0, 0.05) is 30.0 Å². The van der Waals surface area contributed by atoms with Crippen molar-refractivity contribution in [3.05, 3.63) is 60.2 Å². The van der Waals surface area contributed by atoms with Crippen molar-refractivity contribution >= 4 is 23.3 Å².